The van der Waals surface area contributed by atoms with Crippen molar-refractivity contribution in [2.75, 3.05) is 41.6 Å². The molecule has 0 saturated heterocycles. The number of hydroxylamine groups is 2. The number of fused-ring (bicyclic) bond motifs is 10. The highest BCUT2D eigenvalue weighted by atomic mass is 79.9. The van der Waals surface area contributed by atoms with E-state index in [9.17, 15) is 19.8 Å². The Morgan fingerprint density at radius 2 is 0.813 bits per heavy atom. The van der Waals surface area contributed by atoms with E-state index >= 15 is 0 Å². The number of Topliss-reactive ketones (excluding diaryl/α,β-unsaturated/α-hetero) is 1. The lowest BCUT2D eigenvalue weighted by atomic mass is 8.27. The molecule has 2 aromatic heterocycles. The third kappa shape index (κ3) is 21.1. The van der Waals surface area contributed by atoms with Crippen molar-refractivity contribution in [1.29, 1.82) is 0 Å². The number of hydrogen-bond acceptors (Lipinski definition) is 9. The number of rotatable bonds is 26. The summed E-state index contributed by atoms with van der Waals surface area (Å²) < 4.78 is 12.6. The van der Waals surface area contributed by atoms with E-state index in [1.807, 2.05) is 64.5 Å². The van der Waals surface area contributed by atoms with Crippen molar-refractivity contribution >= 4 is 311 Å². The summed E-state index contributed by atoms with van der Waals surface area (Å²) in [6.07, 6.45) is 1.46. The van der Waals surface area contributed by atoms with Gasteiger partial charge in [-0.15, -0.1) is 0 Å². The number of methoxy groups -OCH3 is 2. The van der Waals surface area contributed by atoms with Crippen LogP contribution in [0.1, 0.15) is 154 Å². The minimum Gasteiger partial charge on any atom is -0.390 e. The molecule has 8 saturated carbocycles. The predicted octanol–water partition coefficient (Wildman–Crippen LogP) is -4.04. The van der Waals surface area contributed by atoms with Crippen molar-refractivity contribution in [3.05, 3.63) is 59.1 Å². The van der Waals surface area contributed by atoms with Crippen molar-refractivity contribution in [3.8, 4) is 0 Å². The average molecular weight is 1420 g/mol. The van der Waals surface area contributed by atoms with Crippen LogP contribution >= 0.6 is 15.9 Å². The molecule has 42 radical (unpaired) electrons. The van der Waals surface area contributed by atoms with E-state index < -0.39 is 133 Å². The lowest BCUT2D eigenvalue weighted by Crippen LogP contribution is -2.92. The van der Waals surface area contributed by atoms with Crippen LogP contribution < -0.4 is 0 Å². The van der Waals surface area contributed by atoms with Crippen molar-refractivity contribution in [3.63, 3.8) is 0 Å². The molecular weight excluding hydrogens is 1340 g/mol. The molecule has 8 fully saturated rings. The molecular formula is C56H84B40BrN3O7. The Kier molecular flexibility index (Phi) is 35.5. The molecule has 0 aliphatic heterocycles. The maximum absolute atomic E-state index is 13.4. The van der Waals surface area contributed by atoms with E-state index in [0.717, 1.165) is 88.4 Å². The van der Waals surface area contributed by atoms with Crippen LogP contribution in [0.3, 0.4) is 0 Å². The summed E-state index contributed by atoms with van der Waals surface area (Å²) in [7, 11) is 138. The summed E-state index contributed by atoms with van der Waals surface area (Å²) >= 11 is 3.20. The molecule has 8 aliphatic rings. The molecule has 8 aliphatic carbocycles. The Morgan fingerprint density at radius 1 is 0.449 bits per heavy atom. The average Bonchev–Trinajstić information content (AvgIpc) is 1.69. The van der Waals surface area contributed by atoms with Gasteiger partial charge in [-0.25, -0.2) is 10.0 Å². The van der Waals surface area contributed by atoms with Crippen LogP contribution in [0.4, 0.5) is 0 Å². The van der Waals surface area contributed by atoms with E-state index in [0.29, 0.717) is 53.0 Å². The Labute approximate surface area is 691 Å². The third-order valence-corrected chi connectivity index (χ3v) is 29.3. The monoisotopic (exact) mass is 1430 g/mol. The molecule has 2 aromatic rings. The zero-order chi connectivity index (χ0) is 80.0. The summed E-state index contributed by atoms with van der Waals surface area (Å²) in [5.74, 6) is 5.71. The molecule has 0 bridgehead atoms. The van der Waals surface area contributed by atoms with Crippen LogP contribution in [0.5, 0.6) is 0 Å². The molecule has 51 heteroatoms. The summed E-state index contributed by atoms with van der Waals surface area (Å²) in [6.45, 7) is 10.5. The Morgan fingerprint density at radius 3 is 1.13 bits per heavy atom. The van der Waals surface area contributed by atoms with Gasteiger partial charge in [0.2, 0.25) is 5.91 Å². The van der Waals surface area contributed by atoms with Crippen LogP contribution in [0.25, 0.3) is 0 Å². The van der Waals surface area contributed by atoms with Gasteiger partial charge in [0.25, 0.3) is 0 Å². The largest absolute Gasteiger partial charge is 0.390 e. The van der Waals surface area contributed by atoms with Gasteiger partial charge in [0.1, 0.15) is 10.3 Å². The fraction of sp³-hybridized carbons (Fsp3) is 0.786. The van der Waals surface area contributed by atoms with E-state index in [1.165, 1.54) is 50.0 Å². The molecule has 2 N–H and O–H groups in total. The van der Waals surface area contributed by atoms with Gasteiger partial charge in [-0.3, -0.25) is 19.4 Å². The first kappa shape index (κ1) is 94.5. The van der Waals surface area contributed by atoms with E-state index in [4.69, 9.17) is 177 Å². The van der Waals surface area contributed by atoms with Crippen molar-refractivity contribution in [1.82, 2.24) is 15.0 Å². The summed E-state index contributed by atoms with van der Waals surface area (Å²) in [6, 6.07) is 11.4. The highest BCUT2D eigenvalue weighted by molar-refractivity contribution is 9.10. The minimum absolute atomic E-state index is 0.0848. The summed E-state index contributed by atoms with van der Waals surface area (Å²) in [5, 5.41) is 23.0. The second-order valence-electron chi connectivity index (χ2n) is 35.1. The fourth-order valence-corrected chi connectivity index (χ4v) is 24.4. The number of hydrogen-bond donors (Lipinski definition) is 2. The lowest BCUT2D eigenvalue weighted by molar-refractivity contribution is -0.188. The quantitative estimate of drug-likeness (QED) is 0.0419. The molecule has 16 atom stereocenters. The number of carbonyl (C=O) groups excluding carboxylic acids is 2. The molecule has 1 amide bonds. The van der Waals surface area contributed by atoms with Gasteiger partial charge in [-0.05, 0) is 239 Å². The molecule has 10 nitrogen and oxygen atoms in total. The topological polar surface area (TPSA) is 131 Å². The summed E-state index contributed by atoms with van der Waals surface area (Å²) in [5.41, 5.74) is 0.213. The van der Waals surface area contributed by atoms with Gasteiger partial charge < -0.3 is 19.7 Å². The maximum atomic E-state index is 13.4. The second-order valence-corrected chi connectivity index (χ2v) is 35.9. The van der Waals surface area contributed by atoms with Crippen molar-refractivity contribution < 1.29 is 34.1 Å². The van der Waals surface area contributed by atoms with Gasteiger partial charge >= 0.3 is 0 Å². The van der Waals surface area contributed by atoms with Crippen LogP contribution in [0, 0.1) is 80.8 Å². The van der Waals surface area contributed by atoms with E-state index in [-0.39, 0.29) is 45.2 Å². The van der Waals surface area contributed by atoms with Crippen LogP contribution in [0.2, 0.25) is 0 Å². The van der Waals surface area contributed by atoms with Crippen molar-refractivity contribution in [2.24, 2.45) is 80.8 Å². The first-order valence-corrected chi connectivity index (χ1v) is 39.9. The number of pyridine rings is 2. The standard InChI is InChI=1S/C27H39NO3.C24H41NO4.C5H4BrN.B40/c1-25(30)13-14-27(17-31-3)18(16-25)7-8-19-20-9-10-22(26(20,2)12-11-21(19)27)24(29)23-6-4-5-15-28-23;1-22(27)12-13-24(15-28-4)16(14-22)6-7-17-18-8-9-20(21(26)25(3)29-5)23(18,2)11-10-19(17)24;6-5-3-1-2-4-7-5;1-22(2)32(21)37(31(19)20)40(38(33(23(3)4)24(5)6)34(25(7)8)26(9)10)39(35(27(11)12)28(13)14)36(29(15)16)30(17)18/h4-6,15,18-22,30H,7-14,16-17H2,1-3H3;16-20,27H,6-15H2,1-5H3;1-4H;/t18-,19-,20-,21-,22+,25+,26-,27+;16-,17-,18-,19-,20+,22+,23-,24+;;/m00../s1. The highest BCUT2D eigenvalue weighted by Gasteiger charge is 2.66. The number of amides is 1. The molecule has 10 rings (SSSR count). The number of ether oxygens (including phenoxy) is 2. The third-order valence-electron chi connectivity index (χ3n) is 28.9. The van der Waals surface area contributed by atoms with Gasteiger partial charge in [0.15, 0.2) is 5.78 Å². The SMILES string of the molecule is Brc1ccccn1.COC[C@]12CC[C@@](C)(O)C[C@@H]1CC[C@H]1[C@@H]3CC[C@H](C(=O)N(C)OC)[C@@]3(C)CC[C@@H]12.COC[C@]12CC[C@@](C)(O)C[C@@H]1CC[C@H]1[C@@H]3CC[C@H](C(=O)c4ccccn4)[C@@]3(C)CC[C@@H]12.[B]B([B])B([B])B(B([B])[B])B(B(B(B([B])[B])B([B])[B])B(B([B])[B])B([B])[B])B(B(B([B])[B])B([B])[B])B(B([B])[B])B([B])[B]. The van der Waals surface area contributed by atoms with Gasteiger partial charge in [-0.1, -0.05) is 26.0 Å². The van der Waals surface area contributed by atoms with Gasteiger partial charge in [0, 0.05) is 329 Å². The molecule has 2 heterocycles. The smallest absolute Gasteiger partial charge is 0.249 e. The molecule has 0 aromatic carbocycles. The number of halogens is 1. The normalized spacial score (nSPS) is 31.0. The zero-order valence-corrected chi connectivity index (χ0v) is 66.9. The van der Waals surface area contributed by atoms with Gasteiger partial charge in [-0.2, -0.15) is 0 Å². The number of nitrogens with zero attached hydrogens (tertiary/aromatic N) is 3. The maximum Gasteiger partial charge on any atom is 0.249 e. The van der Waals surface area contributed by atoms with Gasteiger partial charge in [0.05, 0.1) is 31.5 Å². The zero-order valence-electron chi connectivity index (χ0n) is 65.3. The van der Waals surface area contributed by atoms with E-state index in [1.54, 1.807) is 26.6 Å². The minimum atomic E-state index is -1.25. The summed E-state index contributed by atoms with van der Waals surface area (Å²) in [4.78, 5) is 40.0. The molecule has 0 unspecified atom stereocenters. The Bertz CT molecular complexity index is 2980. The first-order chi connectivity index (χ1) is 50.0. The fourth-order valence-electron chi connectivity index (χ4n) is 24.2. The second kappa shape index (κ2) is 40.2. The number of aliphatic hydroxyl groups is 2. The van der Waals surface area contributed by atoms with Crippen molar-refractivity contribution in [2.45, 2.75) is 154 Å². The van der Waals surface area contributed by atoms with Crippen LogP contribution in [-0.4, -0.2) is 374 Å². The number of carbonyl (C=O) groups is 2. The predicted molar refractivity (Wildman–Crippen MR) is 495 cm³/mol. The molecule has 492 valence electrons. The molecule has 0 spiro atoms. The highest BCUT2D eigenvalue weighted by Crippen LogP contribution is 2.70. The Balaban J connectivity index is 0.000000215. The lowest BCUT2D eigenvalue weighted by Gasteiger charge is -2.62. The first-order valence-electron chi connectivity index (χ1n) is 39.1. The Hall–Kier alpha value is 0.317. The van der Waals surface area contributed by atoms with E-state index in [2.05, 4.69) is 39.7 Å². The van der Waals surface area contributed by atoms with Crippen LogP contribution in [-0.2, 0) is 19.1 Å². The number of aromatic nitrogens is 2. The molecule has 107 heavy (non-hydrogen) atoms. The van der Waals surface area contributed by atoms with Crippen LogP contribution in [0.15, 0.2) is 53.4 Å². The number of ketones is 1.